The number of amides is 1. The zero-order valence-corrected chi connectivity index (χ0v) is 16.3. The number of nitrogens with zero attached hydrogens (tertiary/aromatic N) is 3. The molecule has 160 valence electrons. The zero-order valence-electron chi connectivity index (χ0n) is 16.3. The fourth-order valence-electron chi connectivity index (χ4n) is 3.53. The molecule has 2 N–H and O–H groups in total. The van der Waals surface area contributed by atoms with E-state index < -0.39 is 17.6 Å². The number of hydrogen-bond donors (Lipinski definition) is 1. The number of anilines is 1. The third kappa shape index (κ3) is 4.60. The molecular formula is C22H19F3N4O2. The Balaban J connectivity index is 1.49. The van der Waals surface area contributed by atoms with E-state index in [1.807, 2.05) is 35.2 Å². The molecule has 0 aliphatic carbocycles. The summed E-state index contributed by atoms with van der Waals surface area (Å²) in [6.07, 6.45) is -1.67. The molecule has 1 saturated heterocycles. The average molecular weight is 428 g/mol. The first-order valence-electron chi connectivity index (χ1n) is 9.61. The van der Waals surface area contributed by atoms with E-state index in [0.717, 1.165) is 23.5 Å². The number of nitrogens with two attached hydrogens (primary N) is 1. The molecule has 31 heavy (non-hydrogen) atoms. The number of benzene rings is 1. The maximum atomic E-state index is 12.7. The lowest BCUT2D eigenvalue weighted by molar-refractivity contribution is -0.137. The van der Waals surface area contributed by atoms with Crippen molar-refractivity contribution in [3.05, 3.63) is 72.1 Å². The summed E-state index contributed by atoms with van der Waals surface area (Å²) in [5.41, 5.74) is 7.35. The molecule has 1 aromatic carbocycles. The van der Waals surface area contributed by atoms with Gasteiger partial charge in [0.1, 0.15) is 6.10 Å². The molecule has 0 saturated carbocycles. The van der Waals surface area contributed by atoms with Crippen LogP contribution in [0.4, 0.5) is 18.9 Å². The molecule has 2 aromatic heterocycles. The molecule has 9 heteroatoms. The number of carbonyl (C=O) groups is 1. The normalized spacial score (nSPS) is 16.4. The molecule has 1 unspecified atom stereocenters. The third-order valence-corrected chi connectivity index (χ3v) is 5.06. The van der Waals surface area contributed by atoms with Crippen LogP contribution in [0.2, 0.25) is 0 Å². The molecule has 1 atom stereocenters. The number of carbonyl (C=O) groups excluding carboxylic acids is 1. The van der Waals surface area contributed by atoms with Gasteiger partial charge in [-0.15, -0.1) is 0 Å². The van der Waals surface area contributed by atoms with Crippen molar-refractivity contribution in [2.24, 2.45) is 5.73 Å². The van der Waals surface area contributed by atoms with Gasteiger partial charge in [0, 0.05) is 42.7 Å². The SMILES string of the molecule is NC(=O)c1cc(-c2ccccn2)ccc1N1CCC(Oc2ccc(C(F)(F)F)cn2)C1. The Hall–Kier alpha value is -3.62. The lowest BCUT2D eigenvalue weighted by Gasteiger charge is -2.22. The molecule has 0 spiro atoms. The first-order chi connectivity index (χ1) is 14.8. The number of aromatic nitrogens is 2. The predicted molar refractivity (Wildman–Crippen MR) is 109 cm³/mol. The summed E-state index contributed by atoms with van der Waals surface area (Å²) in [4.78, 5) is 22.1. The molecule has 3 aromatic rings. The highest BCUT2D eigenvalue weighted by molar-refractivity contribution is 6.00. The van der Waals surface area contributed by atoms with E-state index in [1.165, 1.54) is 6.07 Å². The van der Waals surface area contributed by atoms with Gasteiger partial charge in [0.15, 0.2) is 0 Å². The van der Waals surface area contributed by atoms with Crippen LogP contribution in [0.1, 0.15) is 22.3 Å². The summed E-state index contributed by atoms with van der Waals surface area (Å²) in [5.74, 6) is -0.429. The number of halogens is 3. The Bertz CT molecular complexity index is 1070. The van der Waals surface area contributed by atoms with Crippen molar-refractivity contribution in [2.75, 3.05) is 18.0 Å². The number of alkyl halides is 3. The van der Waals surface area contributed by atoms with Crippen LogP contribution in [0.5, 0.6) is 5.88 Å². The molecule has 1 fully saturated rings. The van der Waals surface area contributed by atoms with Gasteiger partial charge >= 0.3 is 6.18 Å². The van der Waals surface area contributed by atoms with E-state index in [2.05, 4.69) is 9.97 Å². The topological polar surface area (TPSA) is 81.3 Å². The monoisotopic (exact) mass is 428 g/mol. The lowest BCUT2D eigenvalue weighted by Crippen LogP contribution is -2.27. The standard InChI is InChI=1S/C22H19F3N4O2/c23-22(24,25)15-5-7-20(28-12-15)31-16-8-10-29(13-16)19-6-4-14(11-17(19)21(26)30)18-3-1-2-9-27-18/h1-7,9,11-12,16H,8,10,13H2,(H2,26,30). The molecule has 3 heterocycles. The molecule has 0 radical (unpaired) electrons. The lowest BCUT2D eigenvalue weighted by atomic mass is 10.0. The minimum atomic E-state index is -4.44. The molecule has 0 bridgehead atoms. The van der Waals surface area contributed by atoms with E-state index in [9.17, 15) is 18.0 Å². The number of pyridine rings is 2. The smallest absolute Gasteiger partial charge is 0.417 e. The van der Waals surface area contributed by atoms with Gasteiger partial charge in [-0.25, -0.2) is 4.98 Å². The van der Waals surface area contributed by atoms with E-state index in [0.29, 0.717) is 30.8 Å². The Morgan fingerprint density at radius 2 is 1.97 bits per heavy atom. The zero-order chi connectivity index (χ0) is 22.0. The second-order valence-corrected chi connectivity index (χ2v) is 7.17. The molecule has 1 amide bonds. The van der Waals surface area contributed by atoms with Crippen molar-refractivity contribution in [1.82, 2.24) is 9.97 Å². The van der Waals surface area contributed by atoms with Gasteiger partial charge < -0.3 is 15.4 Å². The highest BCUT2D eigenvalue weighted by Gasteiger charge is 2.31. The first-order valence-corrected chi connectivity index (χ1v) is 9.61. The Kier molecular flexibility index (Phi) is 5.50. The van der Waals surface area contributed by atoms with Crippen LogP contribution in [0, 0.1) is 0 Å². The Labute approximate surface area is 176 Å². The van der Waals surface area contributed by atoms with Crippen molar-refractivity contribution in [3.8, 4) is 17.1 Å². The van der Waals surface area contributed by atoms with Crippen molar-refractivity contribution >= 4 is 11.6 Å². The summed E-state index contributed by atoms with van der Waals surface area (Å²) >= 11 is 0. The maximum absolute atomic E-state index is 12.7. The van der Waals surface area contributed by atoms with Crippen LogP contribution in [-0.4, -0.2) is 35.1 Å². The maximum Gasteiger partial charge on any atom is 0.417 e. The van der Waals surface area contributed by atoms with Crippen molar-refractivity contribution in [1.29, 1.82) is 0 Å². The molecular weight excluding hydrogens is 409 g/mol. The van der Waals surface area contributed by atoms with Crippen LogP contribution in [0.25, 0.3) is 11.3 Å². The molecule has 1 aliphatic heterocycles. The van der Waals surface area contributed by atoms with Gasteiger partial charge in [-0.1, -0.05) is 12.1 Å². The van der Waals surface area contributed by atoms with Gasteiger partial charge in [-0.2, -0.15) is 13.2 Å². The van der Waals surface area contributed by atoms with E-state index in [-0.39, 0.29) is 12.0 Å². The Morgan fingerprint density at radius 3 is 2.61 bits per heavy atom. The minimum absolute atomic E-state index is 0.125. The van der Waals surface area contributed by atoms with Gasteiger partial charge in [-0.05, 0) is 30.3 Å². The second-order valence-electron chi connectivity index (χ2n) is 7.17. The average Bonchev–Trinajstić information content (AvgIpc) is 3.22. The van der Waals surface area contributed by atoms with E-state index >= 15 is 0 Å². The highest BCUT2D eigenvalue weighted by atomic mass is 19.4. The van der Waals surface area contributed by atoms with Gasteiger partial charge in [-0.3, -0.25) is 9.78 Å². The van der Waals surface area contributed by atoms with Gasteiger partial charge in [0.25, 0.3) is 5.91 Å². The van der Waals surface area contributed by atoms with Crippen molar-refractivity contribution in [3.63, 3.8) is 0 Å². The van der Waals surface area contributed by atoms with Gasteiger partial charge in [0.05, 0.1) is 23.4 Å². The van der Waals surface area contributed by atoms with Crippen LogP contribution in [-0.2, 0) is 6.18 Å². The molecule has 6 nitrogen and oxygen atoms in total. The highest BCUT2D eigenvalue weighted by Crippen LogP contribution is 2.31. The van der Waals surface area contributed by atoms with E-state index in [4.69, 9.17) is 10.5 Å². The number of ether oxygens (including phenoxy) is 1. The number of rotatable bonds is 5. The number of primary amides is 1. The second kappa shape index (κ2) is 8.25. The summed E-state index contributed by atoms with van der Waals surface area (Å²) in [7, 11) is 0. The summed E-state index contributed by atoms with van der Waals surface area (Å²) in [5, 5.41) is 0. The fraction of sp³-hybridized carbons (Fsp3) is 0.227. The minimum Gasteiger partial charge on any atom is -0.472 e. The summed E-state index contributed by atoms with van der Waals surface area (Å²) < 4.78 is 43.8. The fourth-order valence-corrected chi connectivity index (χ4v) is 3.53. The van der Waals surface area contributed by atoms with Gasteiger partial charge in [0.2, 0.25) is 5.88 Å². The van der Waals surface area contributed by atoms with Crippen molar-refractivity contribution in [2.45, 2.75) is 18.7 Å². The predicted octanol–water partition coefficient (Wildman–Crippen LogP) is 3.92. The first kappa shape index (κ1) is 20.6. The molecule has 1 aliphatic rings. The molecule has 4 rings (SSSR count). The van der Waals surface area contributed by atoms with Crippen LogP contribution in [0.3, 0.4) is 0 Å². The van der Waals surface area contributed by atoms with Crippen molar-refractivity contribution < 1.29 is 22.7 Å². The Morgan fingerprint density at radius 1 is 1.13 bits per heavy atom. The third-order valence-electron chi connectivity index (χ3n) is 5.06. The van der Waals surface area contributed by atoms with Crippen LogP contribution < -0.4 is 15.4 Å². The van der Waals surface area contributed by atoms with E-state index in [1.54, 1.807) is 12.3 Å². The van der Waals surface area contributed by atoms with Crippen LogP contribution in [0.15, 0.2) is 60.9 Å². The summed E-state index contributed by atoms with van der Waals surface area (Å²) in [6.45, 7) is 1.06. The largest absolute Gasteiger partial charge is 0.472 e. The quantitative estimate of drug-likeness (QED) is 0.666. The number of hydrogen-bond acceptors (Lipinski definition) is 5. The van der Waals surface area contributed by atoms with Crippen LogP contribution >= 0.6 is 0 Å². The summed E-state index contributed by atoms with van der Waals surface area (Å²) in [6, 6.07) is 13.1.